The lowest BCUT2D eigenvalue weighted by atomic mass is 10.0. The molecule has 1 aliphatic carbocycles. The maximum Gasteiger partial charge on any atom is 0.0951 e. The minimum Gasteiger partial charge on any atom is -0.376 e. The first-order chi connectivity index (χ1) is 8.93. The van der Waals surface area contributed by atoms with Gasteiger partial charge in [0.1, 0.15) is 0 Å². The number of nitrogens with zero attached hydrogens (tertiary/aromatic N) is 2. The molecule has 2 aliphatic heterocycles. The molecule has 4 heteroatoms. The highest BCUT2D eigenvalue weighted by Crippen LogP contribution is 2.44. The van der Waals surface area contributed by atoms with E-state index in [0.29, 0.717) is 18.1 Å². The molecule has 3 heterocycles. The van der Waals surface area contributed by atoms with Gasteiger partial charge >= 0.3 is 0 Å². The summed E-state index contributed by atoms with van der Waals surface area (Å²) in [5.41, 5.74) is 1.42. The summed E-state index contributed by atoms with van der Waals surface area (Å²) in [6, 6.07) is 0.538. The van der Waals surface area contributed by atoms with Gasteiger partial charge in [0.15, 0.2) is 0 Å². The van der Waals surface area contributed by atoms with Gasteiger partial charge in [-0.15, -0.1) is 0 Å². The first-order valence-corrected chi connectivity index (χ1v) is 7.27. The normalized spacial score (nSPS) is 36.3. The minimum absolute atomic E-state index is 0.451. The van der Waals surface area contributed by atoms with Crippen molar-refractivity contribution in [1.29, 1.82) is 0 Å². The smallest absolute Gasteiger partial charge is 0.0951 e. The summed E-state index contributed by atoms with van der Waals surface area (Å²) in [6.07, 6.45) is 9.67. The summed E-state index contributed by atoms with van der Waals surface area (Å²) < 4.78 is 8.39. The van der Waals surface area contributed by atoms with E-state index in [1.54, 1.807) is 0 Å². The van der Waals surface area contributed by atoms with Crippen LogP contribution in [0.4, 0.5) is 0 Å². The van der Waals surface area contributed by atoms with Crippen molar-refractivity contribution in [3.63, 3.8) is 0 Å². The summed E-state index contributed by atoms with van der Waals surface area (Å²) in [6.45, 7) is 3.17. The van der Waals surface area contributed by atoms with E-state index >= 15 is 0 Å². The zero-order valence-electron chi connectivity index (χ0n) is 10.7. The van der Waals surface area contributed by atoms with Crippen LogP contribution < -0.4 is 5.32 Å². The van der Waals surface area contributed by atoms with Crippen LogP contribution in [0.2, 0.25) is 0 Å². The van der Waals surface area contributed by atoms with Gasteiger partial charge < -0.3 is 14.6 Å². The molecule has 98 valence electrons. The van der Waals surface area contributed by atoms with Gasteiger partial charge in [-0.1, -0.05) is 0 Å². The Morgan fingerprint density at radius 1 is 1.28 bits per heavy atom. The molecule has 3 fully saturated rings. The molecule has 1 N–H and O–H groups in total. The third-order valence-corrected chi connectivity index (χ3v) is 4.72. The number of hydrogen-bond donors (Lipinski definition) is 1. The van der Waals surface area contributed by atoms with Crippen molar-refractivity contribution >= 4 is 0 Å². The van der Waals surface area contributed by atoms with Gasteiger partial charge in [0.2, 0.25) is 0 Å². The summed E-state index contributed by atoms with van der Waals surface area (Å²) in [7, 11) is 0. The van der Waals surface area contributed by atoms with Crippen LogP contribution in [0, 0.1) is 5.92 Å². The Hall–Kier alpha value is -0.870. The number of aromatic nitrogens is 2. The van der Waals surface area contributed by atoms with Gasteiger partial charge in [-0.2, -0.15) is 0 Å². The topological polar surface area (TPSA) is 39.1 Å². The van der Waals surface area contributed by atoms with E-state index < -0.39 is 0 Å². The van der Waals surface area contributed by atoms with E-state index in [1.807, 2.05) is 6.33 Å². The fourth-order valence-electron chi connectivity index (χ4n) is 3.59. The number of hydrogen-bond acceptors (Lipinski definition) is 3. The van der Waals surface area contributed by atoms with Crippen molar-refractivity contribution in [2.45, 2.75) is 43.7 Å². The maximum atomic E-state index is 5.97. The Balaban J connectivity index is 1.61. The predicted molar refractivity (Wildman–Crippen MR) is 68.6 cm³/mol. The zero-order chi connectivity index (χ0) is 11.9. The Labute approximate surface area is 108 Å². The third kappa shape index (κ3) is 1.79. The third-order valence-electron chi connectivity index (χ3n) is 4.72. The van der Waals surface area contributed by atoms with Crippen LogP contribution in [0.3, 0.4) is 0 Å². The Morgan fingerprint density at radius 3 is 3.00 bits per heavy atom. The van der Waals surface area contributed by atoms with Gasteiger partial charge in [0.25, 0.3) is 0 Å². The molecule has 3 unspecified atom stereocenters. The Bertz CT molecular complexity index is 420. The van der Waals surface area contributed by atoms with Crippen LogP contribution >= 0.6 is 0 Å². The number of nitrogens with one attached hydrogen (secondary N) is 1. The van der Waals surface area contributed by atoms with Crippen LogP contribution in [-0.2, 0) is 4.74 Å². The number of ether oxygens (including phenoxy) is 1. The zero-order valence-corrected chi connectivity index (χ0v) is 10.7. The van der Waals surface area contributed by atoms with Crippen LogP contribution in [0.1, 0.15) is 43.3 Å². The second-order valence-corrected chi connectivity index (χ2v) is 5.94. The quantitative estimate of drug-likeness (QED) is 0.883. The number of imidazole rings is 1. The van der Waals surface area contributed by atoms with Crippen molar-refractivity contribution in [3.8, 4) is 0 Å². The molecule has 1 aromatic heterocycles. The van der Waals surface area contributed by atoms with Crippen LogP contribution in [-0.4, -0.2) is 35.4 Å². The van der Waals surface area contributed by atoms with Crippen molar-refractivity contribution in [2.75, 3.05) is 19.7 Å². The van der Waals surface area contributed by atoms with Crippen LogP contribution in [0.25, 0.3) is 0 Å². The molecular weight excluding hydrogens is 226 g/mol. The van der Waals surface area contributed by atoms with Gasteiger partial charge in [0.05, 0.1) is 18.5 Å². The van der Waals surface area contributed by atoms with Gasteiger partial charge in [-0.05, 0) is 38.1 Å². The summed E-state index contributed by atoms with van der Waals surface area (Å²) in [5, 5.41) is 3.45. The van der Waals surface area contributed by atoms with Crippen molar-refractivity contribution in [3.05, 3.63) is 18.2 Å². The lowest BCUT2D eigenvalue weighted by Gasteiger charge is -2.23. The highest BCUT2D eigenvalue weighted by Gasteiger charge is 2.42. The predicted octanol–water partition coefficient (Wildman–Crippen LogP) is 1.70. The molecule has 3 atom stereocenters. The SMILES string of the molecule is c1ncn(C2CCOC2C2CC2)c1C1CCNC1. The van der Waals surface area contributed by atoms with E-state index in [2.05, 4.69) is 21.1 Å². The van der Waals surface area contributed by atoms with E-state index in [-0.39, 0.29) is 0 Å². The fourth-order valence-corrected chi connectivity index (χ4v) is 3.59. The molecule has 0 spiro atoms. The van der Waals surface area contributed by atoms with Gasteiger partial charge in [-0.25, -0.2) is 4.98 Å². The molecule has 1 aromatic rings. The summed E-state index contributed by atoms with van der Waals surface area (Å²) >= 11 is 0. The second kappa shape index (κ2) is 4.35. The summed E-state index contributed by atoms with van der Waals surface area (Å²) in [5.74, 6) is 1.46. The van der Waals surface area contributed by atoms with E-state index in [0.717, 1.165) is 32.0 Å². The maximum absolute atomic E-state index is 5.97. The largest absolute Gasteiger partial charge is 0.376 e. The molecule has 0 aromatic carbocycles. The van der Waals surface area contributed by atoms with E-state index in [9.17, 15) is 0 Å². The molecule has 18 heavy (non-hydrogen) atoms. The van der Waals surface area contributed by atoms with E-state index in [4.69, 9.17) is 4.74 Å². The van der Waals surface area contributed by atoms with Crippen molar-refractivity contribution in [2.24, 2.45) is 5.92 Å². The first kappa shape index (κ1) is 11.0. The first-order valence-electron chi connectivity index (χ1n) is 7.27. The molecule has 3 aliphatic rings. The highest BCUT2D eigenvalue weighted by molar-refractivity contribution is 5.12. The molecule has 0 bridgehead atoms. The van der Waals surface area contributed by atoms with Crippen molar-refractivity contribution in [1.82, 2.24) is 14.9 Å². The average Bonchev–Trinajstić information content (AvgIpc) is 2.90. The highest BCUT2D eigenvalue weighted by atomic mass is 16.5. The number of rotatable bonds is 3. The molecule has 1 saturated carbocycles. The molecule has 0 radical (unpaired) electrons. The molecular formula is C14H21N3O. The van der Waals surface area contributed by atoms with Crippen LogP contribution in [0.5, 0.6) is 0 Å². The van der Waals surface area contributed by atoms with Gasteiger partial charge in [0, 0.05) is 31.0 Å². The second-order valence-electron chi connectivity index (χ2n) is 5.94. The van der Waals surface area contributed by atoms with Crippen molar-refractivity contribution < 1.29 is 4.74 Å². The van der Waals surface area contributed by atoms with Gasteiger partial charge in [-0.3, -0.25) is 0 Å². The standard InChI is InChI=1S/C14H21N3O/c1-2-10(1)14-12(4-6-18-14)17-9-16-8-13(17)11-3-5-15-7-11/h8-12,14-15H,1-7H2. The van der Waals surface area contributed by atoms with Crippen LogP contribution in [0.15, 0.2) is 12.5 Å². The molecule has 0 amide bonds. The minimum atomic E-state index is 0.451. The lowest BCUT2D eigenvalue weighted by molar-refractivity contribution is 0.0744. The Kier molecular flexibility index (Phi) is 2.66. The summed E-state index contributed by atoms with van der Waals surface area (Å²) in [4.78, 5) is 4.41. The molecule has 4 rings (SSSR count). The lowest BCUT2D eigenvalue weighted by Crippen LogP contribution is -2.24. The van der Waals surface area contributed by atoms with E-state index in [1.165, 1.54) is 25.0 Å². The fraction of sp³-hybridized carbons (Fsp3) is 0.786. The average molecular weight is 247 g/mol. The Morgan fingerprint density at radius 2 is 2.22 bits per heavy atom. The molecule has 2 saturated heterocycles. The molecule has 4 nitrogen and oxygen atoms in total. The monoisotopic (exact) mass is 247 g/mol.